The van der Waals surface area contributed by atoms with Crippen molar-refractivity contribution in [3.8, 4) is 0 Å². The van der Waals surface area contributed by atoms with Crippen LogP contribution in [0, 0.1) is 5.41 Å². The van der Waals surface area contributed by atoms with Gasteiger partial charge < -0.3 is 4.74 Å². The molecule has 0 radical (unpaired) electrons. The van der Waals surface area contributed by atoms with E-state index in [-0.39, 0.29) is 11.4 Å². The van der Waals surface area contributed by atoms with Gasteiger partial charge in [-0.1, -0.05) is 6.07 Å². The fourth-order valence-electron chi connectivity index (χ4n) is 1.69. The minimum Gasteiger partial charge on any atom is -0.469 e. The maximum Gasteiger partial charge on any atom is 0.306 e. The monoisotopic (exact) mass is 256 g/mol. The van der Waals surface area contributed by atoms with Gasteiger partial charge in [0.15, 0.2) is 0 Å². The standard InChI is InChI=1S/C12H16O2S2/c1-14-11(13)7-12(4-5-12)9-15-8-10-3-2-6-16-10/h2-3,6H,4-5,7-9H2,1H3. The zero-order valence-electron chi connectivity index (χ0n) is 9.40. The first kappa shape index (κ1) is 12.0. The molecule has 0 amide bonds. The minimum absolute atomic E-state index is 0.0609. The van der Waals surface area contributed by atoms with Gasteiger partial charge in [-0.25, -0.2) is 0 Å². The number of carbonyl (C=O) groups excluding carboxylic acids is 1. The summed E-state index contributed by atoms with van der Waals surface area (Å²) in [5.74, 6) is 2.09. The minimum atomic E-state index is -0.0609. The Labute approximate surface area is 104 Å². The highest BCUT2D eigenvalue weighted by molar-refractivity contribution is 7.98. The zero-order valence-corrected chi connectivity index (χ0v) is 11.0. The Morgan fingerprint density at radius 1 is 1.62 bits per heavy atom. The van der Waals surface area contributed by atoms with Gasteiger partial charge in [0.1, 0.15) is 0 Å². The molecule has 0 aromatic carbocycles. The molecule has 0 spiro atoms. The van der Waals surface area contributed by atoms with Gasteiger partial charge in [0.2, 0.25) is 0 Å². The summed E-state index contributed by atoms with van der Waals surface area (Å²) in [7, 11) is 1.47. The lowest BCUT2D eigenvalue weighted by Gasteiger charge is -2.12. The summed E-state index contributed by atoms with van der Waals surface area (Å²) in [4.78, 5) is 12.6. The second-order valence-electron chi connectivity index (χ2n) is 4.33. The second kappa shape index (κ2) is 5.23. The van der Waals surface area contributed by atoms with Gasteiger partial charge in [-0.2, -0.15) is 11.8 Å². The van der Waals surface area contributed by atoms with Crippen LogP contribution < -0.4 is 0 Å². The molecule has 2 nitrogen and oxygen atoms in total. The molecular weight excluding hydrogens is 240 g/mol. The van der Waals surface area contributed by atoms with Crippen molar-refractivity contribution in [2.75, 3.05) is 12.9 Å². The lowest BCUT2D eigenvalue weighted by Crippen LogP contribution is -2.13. The number of rotatable bonds is 6. The maximum atomic E-state index is 11.2. The first-order valence-corrected chi connectivity index (χ1v) is 7.44. The van der Waals surface area contributed by atoms with Crippen LogP contribution in [0.1, 0.15) is 24.1 Å². The topological polar surface area (TPSA) is 26.3 Å². The molecule has 1 saturated carbocycles. The predicted molar refractivity (Wildman–Crippen MR) is 68.8 cm³/mol. The van der Waals surface area contributed by atoms with Crippen LogP contribution in [0.25, 0.3) is 0 Å². The van der Waals surface area contributed by atoms with Crippen molar-refractivity contribution in [1.29, 1.82) is 0 Å². The van der Waals surface area contributed by atoms with Gasteiger partial charge in [-0.15, -0.1) is 11.3 Å². The molecule has 0 unspecified atom stereocenters. The van der Waals surface area contributed by atoms with E-state index < -0.39 is 0 Å². The van der Waals surface area contributed by atoms with Crippen molar-refractivity contribution in [2.24, 2.45) is 5.41 Å². The van der Waals surface area contributed by atoms with Crippen LogP contribution in [-0.2, 0) is 15.3 Å². The molecule has 0 atom stereocenters. The molecule has 2 rings (SSSR count). The highest BCUT2D eigenvalue weighted by atomic mass is 32.2. The molecule has 1 aromatic rings. The summed E-state index contributed by atoms with van der Waals surface area (Å²) in [5, 5.41) is 2.11. The average molecular weight is 256 g/mol. The molecule has 0 bridgehead atoms. The fourth-order valence-corrected chi connectivity index (χ4v) is 3.92. The molecule has 4 heteroatoms. The fraction of sp³-hybridized carbons (Fsp3) is 0.583. The van der Waals surface area contributed by atoms with Crippen LogP contribution in [-0.4, -0.2) is 18.8 Å². The normalized spacial score (nSPS) is 17.1. The molecule has 1 aliphatic rings. The first-order chi connectivity index (χ1) is 7.74. The number of hydrogen-bond acceptors (Lipinski definition) is 4. The van der Waals surface area contributed by atoms with Crippen molar-refractivity contribution < 1.29 is 9.53 Å². The van der Waals surface area contributed by atoms with Crippen LogP contribution in [0.2, 0.25) is 0 Å². The van der Waals surface area contributed by atoms with E-state index in [2.05, 4.69) is 17.5 Å². The van der Waals surface area contributed by atoms with Crippen molar-refractivity contribution in [3.05, 3.63) is 22.4 Å². The maximum absolute atomic E-state index is 11.2. The van der Waals surface area contributed by atoms with E-state index in [1.165, 1.54) is 24.8 Å². The van der Waals surface area contributed by atoms with Crippen LogP contribution in [0.15, 0.2) is 17.5 Å². The third-order valence-corrected chi connectivity index (χ3v) is 5.33. The van der Waals surface area contributed by atoms with Crippen LogP contribution in [0.5, 0.6) is 0 Å². The van der Waals surface area contributed by atoms with Crippen molar-refractivity contribution >= 4 is 29.1 Å². The zero-order chi connectivity index (χ0) is 11.4. The molecule has 1 heterocycles. The van der Waals surface area contributed by atoms with Crippen LogP contribution in [0.3, 0.4) is 0 Å². The number of thiophene rings is 1. The van der Waals surface area contributed by atoms with Gasteiger partial charge in [0, 0.05) is 10.6 Å². The highest BCUT2D eigenvalue weighted by Crippen LogP contribution is 2.51. The van der Waals surface area contributed by atoms with E-state index in [9.17, 15) is 4.79 Å². The van der Waals surface area contributed by atoms with E-state index in [1.807, 2.05) is 11.8 Å². The number of ether oxygens (including phenoxy) is 1. The predicted octanol–water partition coefficient (Wildman–Crippen LogP) is 3.32. The summed E-state index contributed by atoms with van der Waals surface area (Å²) in [6, 6.07) is 4.25. The second-order valence-corrected chi connectivity index (χ2v) is 6.34. The van der Waals surface area contributed by atoms with Gasteiger partial charge in [-0.05, 0) is 35.5 Å². The molecule has 1 fully saturated rings. The number of hydrogen-bond donors (Lipinski definition) is 0. The number of thioether (sulfide) groups is 1. The summed E-state index contributed by atoms with van der Waals surface area (Å²) in [5.41, 5.74) is 0.259. The summed E-state index contributed by atoms with van der Waals surface area (Å²) in [6.45, 7) is 0. The van der Waals surface area contributed by atoms with Crippen molar-refractivity contribution in [2.45, 2.75) is 25.0 Å². The van der Waals surface area contributed by atoms with Gasteiger partial charge in [0.25, 0.3) is 0 Å². The smallest absolute Gasteiger partial charge is 0.306 e. The van der Waals surface area contributed by atoms with Gasteiger partial charge >= 0.3 is 5.97 Å². The Hall–Kier alpha value is -0.480. The van der Waals surface area contributed by atoms with E-state index in [1.54, 1.807) is 11.3 Å². The Balaban J connectivity index is 1.71. The largest absolute Gasteiger partial charge is 0.469 e. The lowest BCUT2D eigenvalue weighted by molar-refractivity contribution is -0.141. The number of carbonyl (C=O) groups is 1. The van der Waals surface area contributed by atoms with E-state index in [4.69, 9.17) is 4.74 Å². The summed E-state index contributed by atoms with van der Waals surface area (Å²) in [6.07, 6.45) is 2.96. The third kappa shape index (κ3) is 3.25. The van der Waals surface area contributed by atoms with E-state index in [0.717, 1.165) is 11.5 Å². The lowest BCUT2D eigenvalue weighted by atomic mass is 10.1. The molecule has 1 aliphatic carbocycles. The molecular formula is C12H16O2S2. The van der Waals surface area contributed by atoms with Crippen LogP contribution >= 0.6 is 23.1 Å². The van der Waals surface area contributed by atoms with Crippen LogP contribution in [0.4, 0.5) is 0 Å². The van der Waals surface area contributed by atoms with Gasteiger partial charge in [-0.3, -0.25) is 4.79 Å². The molecule has 1 aromatic heterocycles. The van der Waals surface area contributed by atoms with Crippen molar-refractivity contribution in [1.82, 2.24) is 0 Å². The first-order valence-electron chi connectivity index (χ1n) is 5.41. The highest BCUT2D eigenvalue weighted by Gasteiger charge is 2.44. The SMILES string of the molecule is COC(=O)CC1(CSCc2cccs2)CC1. The van der Waals surface area contributed by atoms with E-state index in [0.29, 0.717) is 6.42 Å². The third-order valence-electron chi connectivity index (χ3n) is 2.94. The van der Waals surface area contributed by atoms with Crippen molar-refractivity contribution in [3.63, 3.8) is 0 Å². The quantitative estimate of drug-likeness (QED) is 0.730. The average Bonchev–Trinajstić information content (AvgIpc) is 2.83. The number of methoxy groups -OCH3 is 1. The summed E-state index contributed by atoms with van der Waals surface area (Å²) < 4.78 is 4.73. The number of esters is 1. The Morgan fingerprint density at radius 3 is 3.00 bits per heavy atom. The summed E-state index contributed by atoms with van der Waals surface area (Å²) >= 11 is 3.74. The Kier molecular flexibility index (Phi) is 3.92. The molecule has 0 aliphatic heterocycles. The van der Waals surface area contributed by atoms with E-state index >= 15 is 0 Å². The van der Waals surface area contributed by atoms with Gasteiger partial charge in [0.05, 0.1) is 13.5 Å². The molecule has 0 N–H and O–H groups in total. The molecule has 16 heavy (non-hydrogen) atoms. The Morgan fingerprint density at radius 2 is 2.44 bits per heavy atom. The Bertz CT molecular complexity index is 342. The molecule has 88 valence electrons. The molecule has 0 saturated heterocycles.